The third kappa shape index (κ3) is 6.08. The molecule has 0 aliphatic rings. The molecule has 2 amide bonds. The predicted molar refractivity (Wildman–Crippen MR) is 110 cm³/mol. The van der Waals surface area contributed by atoms with Crippen molar-refractivity contribution in [3.8, 4) is 11.5 Å². The molecule has 0 spiro atoms. The average Bonchev–Trinajstić information content (AvgIpc) is 2.66. The number of anilines is 2. The highest BCUT2D eigenvalue weighted by atomic mass is 35.5. The lowest BCUT2D eigenvalue weighted by Gasteiger charge is -2.15. The lowest BCUT2D eigenvalue weighted by Crippen LogP contribution is -2.25. The molecule has 2 rings (SSSR count). The van der Waals surface area contributed by atoms with E-state index >= 15 is 0 Å². The maximum Gasteiger partial charge on any atom is 0.237 e. The summed E-state index contributed by atoms with van der Waals surface area (Å²) in [7, 11) is 3.05. The van der Waals surface area contributed by atoms with Crippen molar-refractivity contribution >= 4 is 46.6 Å². The monoisotopic (exact) mass is 408 g/mol. The minimum Gasteiger partial charge on any atom is -0.495 e. The molecule has 144 valence electrons. The van der Waals surface area contributed by atoms with Crippen molar-refractivity contribution in [2.24, 2.45) is 0 Å². The van der Waals surface area contributed by atoms with Crippen LogP contribution in [0.15, 0.2) is 42.5 Å². The van der Waals surface area contributed by atoms with Gasteiger partial charge in [-0.25, -0.2) is 0 Å². The molecule has 2 aromatic carbocycles. The summed E-state index contributed by atoms with van der Waals surface area (Å²) >= 11 is 7.19. The van der Waals surface area contributed by atoms with Crippen molar-refractivity contribution in [2.45, 2.75) is 12.2 Å². The second-order valence-corrected chi connectivity index (χ2v) is 7.30. The smallest absolute Gasteiger partial charge is 0.237 e. The maximum absolute atomic E-state index is 12.4. The highest BCUT2D eigenvalue weighted by Crippen LogP contribution is 2.28. The van der Waals surface area contributed by atoms with E-state index in [0.717, 1.165) is 0 Å². The molecular formula is C19H21ClN2O4S. The number of methoxy groups -OCH3 is 2. The van der Waals surface area contributed by atoms with Gasteiger partial charge >= 0.3 is 0 Å². The van der Waals surface area contributed by atoms with Gasteiger partial charge in [-0.2, -0.15) is 0 Å². The molecule has 0 aliphatic carbocycles. The van der Waals surface area contributed by atoms with Gasteiger partial charge in [0.2, 0.25) is 11.8 Å². The quantitative estimate of drug-likeness (QED) is 0.688. The van der Waals surface area contributed by atoms with Crippen LogP contribution in [0.3, 0.4) is 0 Å². The number of amides is 2. The number of benzene rings is 2. The molecule has 0 unspecified atom stereocenters. The van der Waals surface area contributed by atoms with Crippen LogP contribution in [0.2, 0.25) is 5.02 Å². The Hall–Kier alpha value is -2.38. The SMILES string of the molecule is COc1ccccc1NC(=O)CS[C@H](C)C(=O)Nc1cc(Cl)ccc1OC. The molecule has 0 aliphatic heterocycles. The number of carbonyl (C=O) groups excluding carboxylic acids is 2. The second-order valence-electron chi connectivity index (χ2n) is 5.54. The van der Waals surface area contributed by atoms with Gasteiger partial charge in [0.15, 0.2) is 0 Å². The molecule has 0 heterocycles. The van der Waals surface area contributed by atoms with Crippen LogP contribution in [0.4, 0.5) is 11.4 Å². The van der Waals surface area contributed by atoms with Crippen LogP contribution in [-0.2, 0) is 9.59 Å². The van der Waals surface area contributed by atoms with Gasteiger partial charge in [-0.1, -0.05) is 23.7 Å². The molecule has 2 N–H and O–H groups in total. The van der Waals surface area contributed by atoms with Crippen molar-refractivity contribution in [2.75, 3.05) is 30.6 Å². The van der Waals surface area contributed by atoms with Gasteiger partial charge in [-0.3, -0.25) is 9.59 Å². The molecule has 0 fully saturated rings. The number of ether oxygens (including phenoxy) is 2. The Morgan fingerprint density at radius 3 is 2.41 bits per heavy atom. The standard InChI is InChI=1S/C19H21ClN2O4S/c1-12(19(24)22-15-10-13(20)8-9-17(15)26-3)27-11-18(23)21-14-6-4-5-7-16(14)25-2/h4-10,12H,11H2,1-3H3,(H,21,23)(H,22,24)/t12-/m1/s1. The minimum atomic E-state index is -0.447. The zero-order valence-electron chi connectivity index (χ0n) is 15.2. The van der Waals surface area contributed by atoms with Crippen LogP contribution >= 0.6 is 23.4 Å². The van der Waals surface area contributed by atoms with Gasteiger partial charge < -0.3 is 20.1 Å². The number of halogens is 1. The van der Waals surface area contributed by atoms with E-state index in [2.05, 4.69) is 10.6 Å². The number of rotatable bonds is 8. The first-order valence-electron chi connectivity index (χ1n) is 8.13. The van der Waals surface area contributed by atoms with Crippen LogP contribution in [0.1, 0.15) is 6.92 Å². The Balaban J connectivity index is 1.89. The van der Waals surface area contributed by atoms with E-state index in [0.29, 0.717) is 27.9 Å². The fourth-order valence-electron chi connectivity index (χ4n) is 2.22. The summed E-state index contributed by atoms with van der Waals surface area (Å²) in [5.41, 5.74) is 1.08. The summed E-state index contributed by atoms with van der Waals surface area (Å²) < 4.78 is 10.4. The lowest BCUT2D eigenvalue weighted by molar-refractivity contribution is -0.115. The zero-order valence-corrected chi connectivity index (χ0v) is 16.8. The van der Waals surface area contributed by atoms with E-state index in [9.17, 15) is 9.59 Å². The van der Waals surface area contributed by atoms with Crippen molar-refractivity contribution in [1.29, 1.82) is 0 Å². The molecule has 0 radical (unpaired) electrons. The number of carbonyl (C=O) groups is 2. The van der Waals surface area contributed by atoms with E-state index < -0.39 is 5.25 Å². The summed E-state index contributed by atoms with van der Waals surface area (Å²) in [6.45, 7) is 1.73. The molecule has 2 aromatic rings. The van der Waals surface area contributed by atoms with Gasteiger partial charge in [0.05, 0.1) is 36.6 Å². The van der Waals surface area contributed by atoms with E-state index in [1.54, 1.807) is 43.3 Å². The highest BCUT2D eigenvalue weighted by molar-refractivity contribution is 8.01. The van der Waals surface area contributed by atoms with Crippen molar-refractivity contribution in [3.05, 3.63) is 47.5 Å². The molecule has 8 heteroatoms. The third-order valence-electron chi connectivity index (χ3n) is 3.63. The van der Waals surface area contributed by atoms with Crippen LogP contribution in [0, 0.1) is 0 Å². The van der Waals surface area contributed by atoms with E-state index in [-0.39, 0.29) is 17.6 Å². The number of thioether (sulfide) groups is 1. The molecule has 0 saturated heterocycles. The first kappa shape index (κ1) is 20.9. The zero-order chi connectivity index (χ0) is 19.8. The summed E-state index contributed by atoms with van der Waals surface area (Å²) in [6.07, 6.45) is 0. The van der Waals surface area contributed by atoms with Gasteiger partial charge in [0.1, 0.15) is 11.5 Å². The van der Waals surface area contributed by atoms with Crippen LogP contribution in [0.5, 0.6) is 11.5 Å². The molecule has 1 atom stereocenters. The van der Waals surface area contributed by atoms with Gasteiger partial charge in [0, 0.05) is 5.02 Å². The largest absolute Gasteiger partial charge is 0.495 e. The Bertz CT molecular complexity index is 816. The van der Waals surface area contributed by atoms with Crippen molar-refractivity contribution in [3.63, 3.8) is 0 Å². The normalized spacial score (nSPS) is 11.4. The van der Waals surface area contributed by atoms with Gasteiger partial charge in [-0.15, -0.1) is 11.8 Å². The van der Waals surface area contributed by atoms with Crippen LogP contribution in [0.25, 0.3) is 0 Å². The topological polar surface area (TPSA) is 76.7 Å². The van der Waals surface area contributed by atoms with Crippen LogP contribution < -0.4 is 20.1 Å². The Morgan fingerprint density at radius 2 is 1.70 bits per heavy atom. The van der Waals surface area contributed by atoms with Crippen LogP contribution in [-0.4, -0.2) is 37.0 Å². The van der Waals surface area contributed by atoms with Gasteiger partial charge in [-0.05, 0) is 37.3 Å². The maximum atomic E-state index is 12.4. The summed E-state index contributed by atoms with van der Waals surface area (Å²) in [5.74, 6) is 0.753. The van der Waals surface area contributed by atoms with E-state index in [1.807, 2.05) is 6.07 Å². The van der Waals surface area contributed by atoms with Gasteiger partial charge in [0.25, 0.3) is 0 Å². The molecule has 0 aromatic heterocycles. The fraction of sp³-hybridized carbons (Fsp3) is 0.263. The first-order chi connectivity index (χ1) is 12.9. The lowest BCUT2D eigenvalue weighted by atomic mass is 10.3. The minimum absolute atomic E-state index is 0.124. The Kier molecular flexibility index (Phi) is 7.82. The summed E-state index contributed by atoms with van der Waals surface area (Å²) in [4.78, 5) is 24.5. The Morgan fingerprint density at radius 1 is 1.04 bits per heavy atom. The molecular weight excluding hydrogens is 388 g/mol. The number of hydrogen-bond donors (Lipinski definition) is 2. The van der Waals surface area contributed by atoms with Crippen molar-refractivity contribution < 1.29 is 19.1 Å². The average molecular weight is 409 g/mol. The van der Waals surface area contributed by atoms with Crippen molar-refractivity contribution in [1.82, 2.24) is 0 Å². The fourth-order valence-corrected chi connectivity index (χ4v) is 3.08. The first-order valence-corrected chi connectivity index (χ1v) is 9.56. The van der Waals surface area contributed by atoms with E-state index in [1.165, 1.54) is 26.0 Å². The third-order valence-corrected chi connectivity index (χ3v) is 5.01. The summed E-state index contributed by atoms with van der Waals surface area (Å²) in [5, 5.41) is 5.59. The van der Waals surface area contributed by atoms with E-state index in [4.69, 9.17) is 21.1 Å². The number of para-hydroxylation sites is 2. The summed E-state index contributed by atoms with van der Waals surface area (Å²) in [6, 6.07) is 12.1. The molecule has 0 saturated carbocycles. The molecule has 6 nitrogen and oxygen atoms in total. The highest BCUT2D eigenvalue weighted by Gasteiger charge is 2.18. The molecule has 0 bridgehead atoms. The number of hydrogen-bond acceptors (Lipinski definition) is 5. The predicted octanol–water partition coefficient (Wildman–Crippen LogP) is 4.06. The second kappa shape index (κ2) is 10.1. The molecule has 27 heavy (non-hydrogen) atoms. The Labute approximate surface area is 167 Å². The number of nitrogens with one attached hydrogen (secondary N) is 2.